The Morgan fingerprint density at radius 1 is 1.08 bits per heavy atom. The summed E-state index contributed by atoms with van der Waals surface area (Å²) in [6, 6.07) is 18.0. The molecule has 0 bridgehead atoms. The van der Waals surface area contributed by atoms with Gasteiger partial charge in [-0.3, -0.25) is 4.79 Å². The first-order valence-corrected chi connectivity index (χ1v) is 9.54. The van der Waals surface area contributed by atoms with Crippen molar-refractivity contribution in [1.29, 1.82) is 0 Å². The molecule has 0 radical (unpaired) electrons. The molecule has 0 saturated carbocycles. The SMILES string of the molecule is O=C(/C=C/c1ccc(Cl)cc1)N1CCS[C@@H](c2ccccc2)CC1. The van der Waals surface area contributed by atoms with Crippen LogP contribution in [0.3, 0.4) is 0 Å². The van der Waals surface area contributed by atoms with E-state index >= 15 is 0 Å². The monoisotopic (exact) mass is 357 g/mol. The van der Waals surface area contributed by atoms with E-state index in [9.17, 15) is 4.79 Å². The first-order valence-electron chi connectivity index (χ1n) is 8.11. The molecular weight excluding hydrogens is 338 g/mol. The highest BCUT2D eigenvalue weighted by molar-refractivity contribution is 7.99. The van der Waals surface area contributed by atoms with Crippen molar-refractivity contribution in [3.05, 3.63) is 76.8 Å². The highest BCUT2D eigenvalue weighted by Gasteiger charge is 2.20. The normalized spacial score (nSPS) is 18.5. The minimum atomic E-state index is 0.0826. The second kappa shape index (κ2) is 8.41. The van der Waals surface area contributed by atoms with Crippen molar-refractivity contribution in [1.82, 2.24) is 4.90 Å². The van der Waals surface area contributed by atoms with Gasteiger partial charge in [0.15, 0.2) is 0 Å². The molecule has 1 heterocycles. The Balaban J connectivity index is 1.59. The zero-order valence-corrected chi connectivity index (χ0v) is 15.0. The third kappa shape index (κ3) is 4.65. The summed E-state index contributed by atoms with van der Waals surface area (Å²) < 4.78 is 0. The van der Waals surface area contributed by atoms with Crippen LogP contribution in [0.5, 0.6) is 0 Å². The summed E-state index contributed by atoms with van der Waals surface area (Å²) in [6.45, 7) is 1.61. The molecule has 0 spiro atoms. The molecule has 1 saturated heterocycles. The number of hydrogen-bond acceptors (Lipinski definition) is 2. The number of benzene rings is 2. The smallest absolute Gasteiger partial charge is 0.246 e. The highest BCUT2D eigenvalue weighted by atomic mass is 35.5. The summed E-state index contributed by atoms with van der Waals surface area (Å²) in [5.41, 5.74) is 2.34. The van der Waals surface area contributed by atoms with E-state index in [-0.39, 0.29) is 5.91 Å². The van der Waals surface area contributed by atoms with Crippen LogP contribution in [0, 0.1) is 0 Å². The average molecular weight is 358 g/mol. The zero-order chi connectivity index (χ0) is 16.8. The highest BCUT2D eigenvalue weighted by Crippen LogP contribution is 2.34. The van der Waals surface area contributed by atoms with E-state index in [0.29, 0.717) is 10.3 Å². The number of carbonyl (C=O) groups is 1. The van der Waals surface area contributed by atoms with Gasteiger partial charge >= 0.3 is 0 Å². The third-order valence-electron chi connectivity index (χ3n) is 4.11. The van der Waals surface area contributed by atoms with E-state index in [4.69, 9.17) is 11.6 Å². The quantitative estimate of drug-likeness (QED) is 0.715. The van der Waals surface area contributed by atoms with Gasteiger partial charge in [0.25, 0.3) is 0 Å². The zero-order valence-electron chi connectivity index (χ0n) is 13.4. The number of carbonyl (C=O) groups excluding carboxylic acids is 1. The van der Waals surface area contributed by atoms with Crippen LogP contribution in [0.2, 0.25) is 5.02 Å². The van der Waals surface area contributed by atoms with Gasteiger partial charge in [0, 0.05) is 35.2 Å². The third-order valence-corrected chi connectivity index (χ3v) is 5.69. The van der Waals surface area contributed by atoms with E-state index in [1.54, 1.807) is 6.08 Å². The fraction of sp³-hybridized carbons (Fsp3) is 0.250. The van der Waals surface area contributed by atoms with E-state index in [2.05, 4.69) is 24.3 Å². The Morgan fingerprint density at radius 2 is 1.83 bits per heavy atom. The molecule has 4 heteroatoms. The lowest BCUT2D eigenvalue weighted by Gasteiger charge is -2.18. The maximum Gasteiger partial charge on any atom is 0.246 e. The molecule has 0 unspecified atom stereocenters. The van der Waals surface area contributed by atoms with Gasteiger partial charge in [-0.25, -0.2) is 0 Å². The maximum atomic E-state index is 12.4. The van der Waals surface area contributed by atoms with Crippen molar-refractivity contribution in [2.24, 2.45) is 0 Å². The van der Waals surface area contributed by atoms with Gasteiger partial charge in [0.2, 0.25) is 5.91 Å². The fourth-order valence-electron chi connectivity index (χ4n) is 2.77. The lowest BCUT2D eigenvalue weighted by molar-refractivity contribution is -0.125. The van der Waals surface area contributed by atoms with Crippen LogP contribution in [0.1, 0.15) is 22.8 Å². The molecule has 1 fully saturated rings. The number of rotatable bonds is 3. The minimum absolute atomic E-state index is 0.0826. The Bertz CT molecular complexity index is 699. The first kappa shape index (κ1) is 17.1. The van der Waals surface area contributed by atoms with Crippen LogP contribution < -0.4 is 0 Å². The molecule has 124 valence electrons. The predicted octanol–water partition coefficient (Wildman–Crippen LogP) is 5.06. The van der Waals surface area contributed by atoms with Gasteiger partial charge in [0.1, 0.15) is 0 Å². The molecule has 0 N–H and O–H groups in total. The Hall–Kier alpha value is -1.71. The Kier molecular flexibility index (Phi) is 6.00. The molecule has 1 aliphatic heterocycles. The van der Waals surface area contributed by atoms with Crippen LogP contribution >= 0.6 is 23.4 Å². The van der Waals surface area contributed by atoms with Crippen molar-refractivity contribution in [2.45, 2.75) is 11.7 Å². The summed E-state index contributed by atoms with van der Waals surface area (Å²) in [5.74, 6) is 1.05. The van der Waals surface area contributed by atoms with E-state index in [0.717, 1.165) is 30.8 Å². The number of nitrogens with zero attached hydrogens (tertiary/aromatic N) is 1. The fourth-order valence-corrected chi connectivity index (χ4v) is 4.13. The van der Waals surface area contributed by atoms with Crippen molar-refractivity contribution < 1.29 is 4.79 Å². The Labute approximate surface area is 152 Å². The second-order valence-electron chi connectivity index (χ2n) is 5.77. The van der Waals surface area contributed by atoms with Crippen molar-refractivity contribution in [2.75, 3.05) is 18.8 Å². The molecule has 0 aromatic heterocycles. The average Bonchev–Trinajstić information content (AvgIpc) is 2.88. The molecule has 0 aliphatic carbocycles. The molecule has 1 aliphatic rings. The van der Waals surface area contributed by atoms with Crippen LogP contribution in [-0.4, -0.2) is 29.6 Å². The van der Waals surface area contributed by atoms with Gasteiger partial charge < -0.3 is 4.90 Å². The number of thioether (sulfide) groups is 1. The van der Waals surface area contributed by atoms with Gasteiger partial charge in [-0.05, 0) is 35.8 Å². The molecule has 3 rings (SSSR count). The Morgan fingerprint density at radius 3 is 2.58 bits per heavy atom. The van der Waals surface area contributed by atoms with Crippen molar-refractivity contribution in [3.8, 4) is 0 Å². The first-order chi connectivity index (χ1) is 11.7. The number of amides is 1. The van der Waals surface area contributed by atoms with Gasteiger partial charge in [-0.2, -0.15) is 11.8 Å². The summed E-state index contributed by atoms with van der Waals surface area (Å²) in [7, 11) is 0. The standard InChI is InChI=1S/C20H20ClNOS/c21-18-9-6-16(7-10-18)8-11-20(23)22-13-12-19(24-15-14-22)17-4-2-1-3-5-17/h1-11,19H,12-15H2/b11-8+/t19-/m1/s1. The number of halogens is 1. The summed E-state index contributed by atoms with van der Waals surface area (Å²) in [4.78, 5) is 14.4. The van der Waals surface area contributed by atoms with Crippen LogP contribution in [0.4, 0.5) is 0 Å². The van der Waals surface area contributed by atoms with Gasteiger partial charge in [0.05, 0.1) is 0 Å². The molecule has 1 amide bonds. The van der Waals surface area contributed by atoms with E-state index in [1.165, 1.54) is 5.56 Å². The summed E-state index contributed by atoms with van der Waals surface area (Å²) in [5, 5.41) is 1.18. The molecule has 2 nitrogen and oxygen atoms in total. The predicted molar refractivity (Wildman–Crippen MR) is 103 cm³/mol. The lowest BCUT2D eigenvalue weighted by Crippen LogP contribution is -2.31. The summed E-state index contributed by atoms with van der Waals surface area (Å²) in [6.07, 6.45) is 4.51. The minimum Gasteiger partial charge on any atom is -0.338 e. The van der Waals surface area contributed by atoms with Gasteiger partial charge in [-0.1, -0.05) is 54.1 Å². The van der Waals surface area contributed by atoms with Crippen molar-refractivity contribution >= 4 is 35.3 Å². The molecule has 2 aromatic carbocycles. The molecular formula is C20H20ClNOS. The topological polar surface area (TPSA) is 20.3 Å². The lowest BCUT2D eigenvalue weighted by atomic mass is 10.1. The van der Waals surface area contributed by atoms with E-state index < -0.39 is 0 Å². The molecule has 24 heavy (non-hydrogen) atoms. The largest absolute Gasteiger partial charge is 0.338 e. The van der Waals surface area contributed by atoms with Gasteiger partial charge in [-0.15, -0.1) is 0 Å². The number of hydrogen-bond donors (Lipinski definition) is 0. The second-order valence-corrected chi connectivity index (χ2v) is 7.52. The maximum absolute atomic E-state index is 12.4. The van der Waals surface area contributed by atoms with Crippen LogP contribution in [0.15, 0.2) is 60.7 Å². The van der Waals surface area contributed by atoms with Crippen LogP contribution in [-0.2, 0) is 4.79 Å². The summed E-state index contributed by atoms with van der Waals surface area (Å²) >= 11 is 7.82. The van der Waals surface area contributed by atoms with E-state index in [1.807, 2.05) is 53.1 Å². The van der Waals surface area contributed by atoms with Crippen LogP contribution in [0.25, 0.3) is 6.08 Å². The molecule has 2 aromatic rings. The molecule has 1 atom stereocenters. The van der Waals surface area contributed by atoms with Crippen molar-refractivity contribution in [3.63, 3.8) is 0 Å².